The SMILES string of the molecule is O=C(NCc1ccc(S(=O)(=O)c2cc(F)cc(F)c2)cn1)ON1Cc2ccncc2C1. The molecule has 0 radical (unpaired) electrons. The third-order valence-corrected chi connectivity index (χ3v) is 6.30. The highest BCUT2D eigenvalue weighted by molar-refractivity contribution is 7.91. The van der Waals surface area contributed by atoms with E-state index < -0.39 is 32.5 Å². The van der Waals surface area contributed by atoms with Gasteiger partial charge in [0.05, 0.1) is 35.1 Å². The maximum absolute atomic E-state index is 13.4. The van der Waals surface area contributed by atoms with E-state index >= 15 is 0 Å². The predicted octanol–water partition coefficient (Wildman–Crippen LogP) is 2.74. The van der Waals surface area contributed by atoms with Crippen LogP contribution in [-0.4, -0.2) is 29.5 Å². The third kappa shape index (κ3) is 4.67. The van der Waals surface area contributed by atoms with Crippen molar-refractivity contribution in [1.82, 2.24) is 20.3 Å². The Kier molecular flexibility index (Phi) is 5.61. The average molecular weight is 446 g/mol. The molecule has 0 spiro atoms. The van der Waals surface area contributed by atoms with Gasteiger partial charge in [-0.15, -0.1) is 5.06 Å². The second-order valence-corrected chi connectivity index (χ2v) is 8.72. The van der Waals surface area contributed by atoms with Crippen molar-refractivity contribution in [2.45, 2.75) is 29.4 Å². The summed E-state index contributed by atoms with van der Waals surface area (Å²) >= 11 is 0. The van der Waals surface area contributed by atoms with Gasteiger partial charge in [0.1, 0.15) is 11.6 Å². The van der Waals surface area contributed by atoms with Crippen molar-refractivity contribution in [3.63, 3.8) is 0 Å². The number of rotatable bonds is 5. The number of halogens is 2. The van der Waals surface area contributed by atoms with Crippen LogP contribution in [0, 0.1) is 11.6 Å². The minimum atomic E-state index is -4.14. The van der Waals surface area contributed by atoms with Crippen LogP contribution >= 0.6 is 0 Å². The van der Waals surface area contributed by atoms with Gasteiger partial charge in [-0.1, -0.05) is 0 Å². The van der Waals surface area contributed by atoms with Gasteiger partial charge in [-0.2, -0.15) is 0 Å². The summed E-state index contributed by atoms with van der Waals surface area (Å²) in [7, 11) is -4.14. The lowest BCUT2D eigenvalue weighted by molar-refractivity contribution is -0.106. The second kappa shape index (κ2) is 8.36. The number of carbonyl (C=O) groups excluding carboxylic acids is 1. The molecule has 1 aliphatic rings. The van der Waals surface area contributed by atoms with Gasteiger partial charge in [-0.05, 0) is 41.5 Å². The number of fused-ring (bicyclic) bond motifs is 1. The van der Waals surface area contributed by atoms with E-state index in [2.05, 4.69) is 15.3 Å². The second-order valence-electron chi connectivity index (χ2n) is 6.77. The zero-order valence-corrected chi connectivity index (χ0v) is 16.8. The molecule has 0 atom stereocenters. The van der Waals surface area contributed by atoms with Gasteiger partial charge in [0.2, 0.25) is 9.84 Å². The summed E-state index contributed by atoms with van der Waals surface area (Å²) in [6.45, 7) is 0.884. The smallest absolute Gasteiger partial charge is 0.350 e. The number of nitrogens with zero attached hydrogens (tertiary/aromatic N) is 3. The Labute approximate surface area is 176 Å². The molecule has 31 heavy (non-hydrogen) atoms. The van der Waals surface area contributed by atoms with Gasteiger partial charge in [-0.25, -0.2) is 22.0 Å². The highest BCUT2D eigenvalue weighted by atomic mass is 32.2. The fraction of sp³-hybridized carbons (Fsp3) is 0.150. The summed E-state index contributed by atoms with van der Waals surface area (Å²) in [5.74, 6) is -1.99. The number of amides is 1. The van der Waals surface area contributed by atoms with Gasteiger partial charge < -0.3 is 10.2 Å². The van der Waals surface area contributed by atoms with Crippen molar-refractivity contribution in [3.05, 3.63) is 83.4 Å². The molecule has 0 aliphatic carbocycles. The lowest BCUT2D eigenvalue weighted by atomic mass is 10.2. The molecule has 0 saturated carbocycles. The van der Waals surface area contributed by atoms with E-state index in [0.717, 1.165) is 29.5 Å². The number of hydrogen-bond donors (Lipinski definition) is 1. The first-order chi connectivity index (χ1) is 14.8. The number of nitrogens with one attached hydrogen (secondary N) is 1. The molecule has 0 saturated heterocycles. The van der Waals surface area contributed by atoms with Crippen LogP contribution in [0.2, 0.25) is 0 Å². The minimum absolute atomic E-state index is 0.00387. The number of hydrogen-bond acceptors (Lipinski definition) is 7. The quantitative estimate of drug-likeness (QED) is 0.643. The van der Waals surface area contributed by atoms with Crippen LogP contribution < -0.4 is 5.32 Å². The third-order valence-electron chi connectivity index (χ3n) is 4.58. The van der Waals surface area contributed by atoms with Crippen molar-refractivity contribution in [2.24, 2.45) is 0 Å². The van der Waals surface area contributed by atoms with Gasteiger partial charge >= 0.3 is 6.09 Å². The van der Waals surface area contributed by atoms with Crippen LogP contribution in [0.5, 0.6) is 0 Å². The Bertz CT molecular complexity index is 1190. The van der Waals surface area contributed by atoms with Crippen molar-refractivity contribution < 1.29 is 26.8 Å². The van der Waals surface area contributed by atoms with Crippen molar-refractivity contribution in [3.8, 4) is 0 Å². The Morgan fingerprint density at radius 1 is 1.03 bits per heavy atom. The monoisotopic (exact) mass is 446 g/mol. The van der Waals surface area contributed by atoms with Crippen LogP contribution in [-0.2, 0) is 34.3 Å². The van der Waals surface area contributed by atoms with Crippen LogP contribution in [0.4, 0.5) is 13.6 Å². The van der Waals surface area contributed by atoms with Crippen LogP contribution in [0.25, 0.3) is 0 Å². The highest BCUT2D eigenvalue weighted by Gasteiger charge is 2.23. The number of aromatic nitrogens is 2. The Morgan fingerprint density at radius 2 is 1.77 bits per heavy atom. The molecule has 0 bridgehead atoms. The highest BCUT2D eigenvalue weighted by Crippen LogP contribution is 2.23. The normalized spacial score (nSPS) is 13.6. The molecule has 2 aromatic heterocycles. The largest absolute Gasteiger partial charge is 0.426 e. The van der Waals surface area contributed by atoms with Crippen LogP contribution in [0.1, 0.15) is 16.8 Å². The number of sulfone groups is 1. The van der Waals surface area contributed by atoms with E-state index in [1.54, 1.807) is 12.4 Å². The molecule has 8 nitrogen and oxygen atoms in total. The molecule has 3 heterocycles. The van der Waals surface area contributed by atoms with Gasteiger partial charge in [0, 0.05) is 24.7 Å². The first kappa shape index (κ1) is 20.8. The zero-order valence-electron chi connectivity index (χ0n) is 16.0. The summed E-state index contributed by atoms with van der Waals surface area (Å²) in [6, 6.07) is 6.54. The standard InChI is InChI=1S/C20H16F2N4O4S/c21-15-5-16(22)7-19(6-15)31(28,29)18-2-1-17(24-10-18)9-25-20(27)30-26-11-13-3-4-23-8-14(13)12-26/h1-8,10H,9,11-12H2,(H,25,27). The van der Waals surface area contributed by atoms with Gasteiger partial charge in [0.25, 0.3) is 0 Å². The molecule has 0 fully saturated rings. The van der Waals surface area contributed by atoms with Crippen molar-refractivity contribution in [2.75, 3.05) is 0 Å². The summed E-state index contributed by atoms with van der Waals surface area (Å²) < 4.78 is 51.8. The number of pyridine rings is 2. The van der Waals surface area contributed by atoms with E-state index in [1.807, 2.05) is 6.07 Å². The predicted molar refractivity (Wildman–Crippen MR) is 103 cm³/mol. The number of hydroxylamine groups is 2. The lowest BCUT2D eigenvalue weighted by Gasteiger charge is -2.14. The first-order valence-electron chi connectivity index (χ1n) is 9.10. The summed E-state index contributed by atoms with van der Waals surface area (Å²) in [5.41, 5.74) is 2.38. The average Bonchev–Trinajstić information content (AvgIpc) is 3.14. The number of carbonyl (C=O) groups is 1. The van der Waals surface area contributed by atoms with Crippen molar-refractivity contribution in [1.29, 1.82) is 0 Å². The summed E-state index contributed by atoms with van der Waals surface area (Å²) in [4.78, 5) is 24.5. The first-order valence-corrected chi connectivity index (χ1v) is 10.6. The molecule has 1 amide bonds. The maximum Gasteiger partial charge on any atom is 0.426 e. The van der Waals surface area contributed by atoms with Crippen molar-refractivity contribution >= 4 is 15.9 Å². The Hall–Kier alpha value is -3.44. The molecule has 160 valence electrons. The van der Waals surface area contributed by atoms with E-state index in [9.17, 15) is 22.0 Å². The summed E-state index contributed by atoms with van der Waals surface area (Å²) in [5, 5.41) is 4.02. The van der Waals surface area contributed by atoms with Crippen LogP contribution in [0.3, 0.4) is 0 Å². The topological polar surface area (TPSA) is 101 Å². The van der Waals surface area contributed by atoms with E-state index in [-0.39, 0.29) is 11.4 Å². The fourth-order valence-corrected chi connectivity index (χ4v) is 4.31. The molecular formula is C20H16F2N4O4S. The molecule has 4 rings (SSSR count). The van der Waals surface area contributed by atoms with E-state index in [0.29, 0.717) is 24.8 Å². The lowest BCUT2D eigenvalue weighted by Crippen LogP contribution is -2.31. The number of benzene rings is 1. The Balaban J connectivity index is 1.35. The molecule has 0 unspecified atom stereocenters. The fourth-order valence-electron chi connectivity index (χ4n) is 3.06. The van der Waals surface area contributed by atoms with E-state index in [4.69, 9.17) is 4.84 Å². The molecule has 1 N–H and O–H groups in total. The molecular weight excluding hydrogens is 430 g/mol. The summed E-state index contributed by atoms with van der Waals surface area (Å²) in [6.07, 6.45) is 3.76. The maximum atomic E-state index is 13.4. The zero-order chi connectivity index (χ0) is 22.0. The minimum Gasteiger partial charge on any atom is -0.350 e. The molecule has 11 heteroatoms. The Morgan fingerprint density at radius 3 is 2.45 bits per heavy atom. The molecule has 3 aromatic rings. The van der Waals surface area contributed by atoms with E-state index in [1.165, 1.54) is 17.2 Å². The van der Waals surface area contributed by atoms with Gasteiger partial charge in [0.15, 0.2) is 0 Å². The van der Waals surface area contributed by atoms with Crippen LogP contribution in [0.15, 0.2) is 64.8 Å². The molecule has 1 aliphatic heterocycles. The van der Waals surface area contributed by atoms with Gasteiger partial charge in [-0.3, -0.25) is 9.97 Å². The molecule has 1 aromatic carbocycles.